The molecule has 0 heterocycles. The van der Waals surface area contributed by atoms with Crippen molar-refractivity contribution < 1.29 is 8.42 Å². The molecular formula is C14H29NO2S. The average Bonchev–Trinajstić information content (AvgIpc) is 2.28. The summed E-state index contributed by atoms with van der Waals surface area (Å²) in [6.07, 6.45) is 8.08. The Kier molecular flexibility index (Phi) is 6.12. The van der Waals surface area contributed by atoms with E-state index < -0.39 is 14.6 Å². The van der Waals surface area contributed by atoms with Crippen LogP contribution in [0, 0.1) is 5.92 Å². The Morgan fingerprint density at radius 3 is 2.22 bits per heavy atom. The number of nitrogens with one attached hydrogen (secondary N) is 1. The van der Waals surface area contributed by atoms with Crippen LogP contribution < -0.4 is 5.32 Å². The molecule has 1 fully saturated rings. The second-order valence-electron chi connectivity index (χ2n) is 6.47. The van der Waals surface area contributed by atoms with E-state index in [-0.39, 0.29) is 5.75 Å². The first-order valence-corrected chi connectivity index (χ1v) is 8.91. The number of rotatable bonds is 6. The quantitative estimate of drug-likeness (QED) is 0.758. The Bertz CT molecular complexity index is 324. The molecule has 108 valence electrons. The van der Waals surface area contributed by atoms with Gasteiger partial charge in [0.25, 0.3) is 0 Å². The summed E-state index contributed by atoms with van der Waals surface area (Å²) in [5.41, 5.74) is 0. The van der Waals surface area contributed by atoms with Crippen molar-refractivity contribution in [1.82, 2.24) is 5.32 Å². The zero-order valence-corrected chi connectivity index (χ0v) is 13.0. The molecule has 0 bridgehead atoms. The van der Waals surface area contributed by atoms with Gasteiger partial charge in [-0.2, -0.15) is 0 Å². The number of hydrogen-bond acceptors (Lipinski definition) is 3. The van der Waals surface area contributed by atoms with E-state index in [1.54, 1.807) is 20.8 Å². The summed E-state index contributed by atoms with van der Waals surface area (Å²) in [5.74, 6) is 1.12. The van der Waals surface area contributed by atoms with E-state index in [0.717, 1.165) is 12.5 Å². The standard InChI is InChI=1S/C14H29NO2S/c1-14(2,3)18(16,17)12-11-15-10-9-13-7-5-4-6-8-13/h13,15H,4-12H2,1-3H3. The van der Waals surface area contributed by atoms with Gasteiger partial charge in [0.2, 0.25) is 0 Å². The molecule has 1 rings (SSSR count). The van der Waals surface area contributed by atoms with Gasteiger partial charge in [-0.3, -0.25) is 0 Å². The molecule has 1 aliphatic carbocycles. The summed E-state index contributed by atoms with van der Waals surface area (Å²) in [6, 6.07) is 0. The van der Waals surface area contributed by atoms with Crippen molar-refractivity contribution in [1.29, 1.82) is 0 Å². The maximum atomic E-state index is 11.9. The molecule has 1 N–H and O–H groups in total. The van der Waals surface area contributed by atoms with E-state index in [1.807, 2.05) is 0 Å². The molecule has 0 unspecified atom stereocenters. The highest BCUT2D eigenvalue weighted by atomic mass is 32.2. The summed E-state index contributed by atoms with van der Waals surface area (Å²) in [4.78, 5) is 0. The Morgan fingerprint density at radius 1 is 1.06 bits per heavy atom. The highest BCUT2D eigenvalue weighted by molar-refractivity contribution is 7.92. The Labute approximate surface area is 113 Å². The lowest BCUT2D eigenvalue weighted by Crippen LogP contribution is -2.35. The van der Waals surface area contributed by atoms with E-state index >= 15 is 0 Å². The van der Waals surface area contributed by atoms with Gasteiger partial charge in [0.05, 0.1) is 10.5 Å². The van der Waals surface area contributed by atoms with Crippen molar-refractivity contribution in [2.75, 3.05) is 18.8 Å². The molecule has 3 nitrogen and oxygen atoms in total. The summed E-state index contributed by atoms with van der Waals surface area (Å²) in [6.45, 7) is 6.86. The SMILES string of the molecule is CC(C)(C)S(=O)(=O)CCNCCC1CCCCC1. The first-order chi connectivity index (χ1) is 8.33. The van der Waals surface area contributed by atoms with Crippen molar-refractivity contribution in [2.24, 2.45) is 5.92 Å². The average molecular weight is 275 g/mol. The lowest BCUT2D eigenvalue weighted by Gasteiger charge is -2.22. The van der Waals surface area contributed by atoms with Crippen LogP contribution in [-0.4, -0.2) is 32.0 Å². The van der Waals surface area contributed by atoms with Crippen LogP contribution in [0.25, 0.3) is 0 Å². The summed E-state index contributed by atoms with van der Waals surface area (Å²) >= 11 is 0. The van der Waals surface area contributed by atoms with Crippen LogP contribution in [0.4, 0.5) is 0 Å². The van der Waals surface area contributed by atoms with Gasteiger partial charge in [0.15, 0.2) is 9.84 Å². The van der Waals surface area contributed by atoms with Gasteiger partial charge in [-0.15, -0.1) is 0 Å². The fraction of sp³-hybridized carbons (Fsp3) is 1.00. The fourth-order valence-corrected chi connectivity index (χ4v) is 3.45. The first kappa shape index (κ1) is 16.0. The topological polar surface area (TPSA) is 46.2 Å². The van der Waals surface area contributed by atoms with Crippen LogP contribution in [-0.2, 0) is 9.84 Å². The molecule has 1 saturated carbocycles. The number of hydrogen-bond donors (Lipinski definition) is 1. The monoisotopic (exact) mass is 275 g/mol. The smallest absolute Gasteiger partial charge is 0.156 e. The third kappa shape index (κ3) is 5.27. The van der Waals surface area contributed by atoms with Crippen molar-refractivity contribution in [3.8, 4) is 0 Å². The van der Waals surface area contributed by atoms with Crippen molar-refractivity contribution in [3.05, 3.63) is 0 Å². The third-order valence-corrected chi connectivity index (χ3v) is 6.54. The largest absolute Gasteiger partial charge is 0.316 e. The van der Waals surface area contributed by atoms with Crippen LogP contribution in [0.3, 0.4) is 0 Å². The molecular weight excluding hydrogens is 246 g/mol. The minimum atomic E-state index is -2.97. The lowest BCUT2D eigenvalue weighted by atomic mass is 9.87. The maximum Gasteiger partial charge on any atom is 0.156 e. The van der Waals surface area contributed by atoms with E-state index in [2.05, 4.69) is 5.32 Å². The molecule has 0 aromatic carbocycles. The van der Waals surface area contributed by atoms with Crippen LogP contribution in [0.2, 0.25) is 0 Å². The normalized spacial score (nSPS) is 19.1. The van der Waals surface area contributed by atoms with Crippen LogP contribution in [0.1, 0.15) is 59.3 Å². The Hall–Kier alpha value is -0.0900. The fourth-order valence-electron chi connectivity index (χ4n) is 2.42. The molecule has 18 heavy (non-hydrogen) atoms. The molecule has 0 atom stereocenters. The zero-order chi connectivity index (χ0) is 13.6. The molecule has 0 radical (unpaired) electrons. The van der Waals surface area contributed by atoms with Crippen molar-refractivity contribution >= 4 is 9.84 Å². The highest BCUT2D eigenvalue weighted by Gasteiger charge is 2.28. The molecule has 0 spiro atoms. The zero-order valence-electron chi connectivity index (χ0n) is 12.2. The second kappa shape index (κ2) is 6.90. The Balaban J connectivity index is 2.11. The minimum Gasteiger partial charge on any atom is -0.316 e. The van der Waals surface area contributed by atoms with Gasteiger partial charge in [0.1, 0.15) is 0 Å². The maximum absolute atomic E-state index is 11.9. The molecule has 0 aliphatic heterocycles. The van der Waals surface area contributed by atoms with Gasteiger partial charge in [-0.05, 0) is 39.7 Å². The molecule has 0 saturated heterocycles. The van der Waals surface area contributed by atoms with Gasteiger partial charge >= 0.3 is 0 Å². The van der Waals surface area contributed by atoms with Crippen molar-refractivity contribution in [2.45, 2.75) is 64.0 Å². The minimum absolute atomic E-state index is 0.251. The van der Waals surface area contributed by atoms with Gasteiger partial charge in [0, 0.05) is 6.54 Å². The van der Waals surface area contributed by atoms with Crippen LogP contribution in [0.5, 0.6) is 0 Å². The lowest BCUT2D eigenvalue weighted by molar-refractivity contribution is 0.335. The van der Waals surface area contributed by atoms with E-state index in [4.69, 9.17) is 0 Å². The van der Waals surface area contributed by atoms with Crippen LogP contribution in [0.15, 0.2) is 0 Å². The van der Waals surface area contributed by atoms with Gasteiger partial charge < -0.3 is 5.32 Å². The van der Waals surface area contributed by atoms with E-state index in [1.165, 1.54) is 38.5 Å². The molecule has 1 aliphatic rings. The molecule has 0 aromatic heterocycles. The summed E-state index contributed by atoms with van der Waals surface area (Å²) < 4.78 is 23.1. The number of sulfone groups is 1. The van der Waals surface area contributed by atoms with Crippen molar-refractivity contribution in [3.63, 3.8) is 0 Å². The third-order valence-electron chi connectivity index (χ3n) is 3.93. The molecule has 0 amide bonds. The molecule has 4 heteroatoms. The second-order valence-corrected chi connectivity index (χ2v) is 9.34. The molecule has 0 aromatic rings. The highest BCUT2D eigenvalue weighted by Crippen LogP contribution is 2.25. The van der Waals surface area contributed by atoms with E-state index in [0.29, 0.717) is 6.54 Å². The summed E-state index contributed by atoms with van der Waals surface area (Å²) in [5, 5.41) is 3.28. The first-order valence-electron chi connectivity index (χ1n) is 7.26. The van der Waals surface area contributed by atoms with Gasteiger partial charge in [-0.25, -0.2) is 8.42 Å². The predicted molar refractivity (Wildman–Crippen MR) is 77.6 cm³/mol. The predicted octanol–water partition coefficient (Wildman–Crippen LogP) is 2.76. The van der Waals surface area contributed by atoms with E-state index in [9.17, 15) is 8.42 Å². The Morgan fingerprint density at radius 2 is 1.67 bits per heavy atom. The summed E-state index contributed by atoms with van der Waals surface area (Å²) in [7, 11) is -2.97. The van der Waals surface area contributed by atoms with Crippen LogP contribution >= 0.6 is 0 Å². The van der Waals surface area contributed by atoms with Gasteiger partial charge in [-0.1, -0.05) is 32.1 Å².